The molecule has 1 aliphatic rings. The first-order chi connectivity index (χ1) is 10.2. The average Bonchev–Trinajstić information content (AvgIpc) is 2.93. The molecule has 3 rings (SSSR count). The van der Waals surface area contributed by atoms with Crippen LogP contribution in [0.1, 0.15) is 12.5 Å². The summed E-state index contributed by atoms with van der Waals surface area (Å²) in [5.41, 5.74) is 2.30. The molecule has 0 atom stereocenters. The maximum absolute atomic E-state index is 11.7. The number of aryl methyl sites for hydroxylation is 1. The molecule has 2 aromatic rings. The highest BCUT2D eigenvalue weighted by molar-refractivity contribution is 7.22. The van der Waals surface area contributed by atoms with E-state index >= 15 is 0 Å². The Hall–Kier alpha value is -1.82. The molecule has 112 valence electrons. The van der Waals surface area contributed by atoms with Crippen LogP contribution in [0.4, 0.5) is 9.93 Å². The monoisotopic (exact) mass is 305 g/mol. The number of hydrogen-bond donors (Lipinski definition) is 0. The maximum atomic E-state index is 11.7. The summed E-state index contributed by atoms with van der Waals surface area (Å²) in [4.78, 5) is 20.5. The molecule has 5 nitrogen and oxygen atoms in total. The molecule has 1 aliphatic heterocycles. The highest BCUT2D eigenvalue weighted by atomic mass is 32.1. The van der Waals surface area contributed by atoms with Crippen LogP contribution in [0, 0.1) is 6.92 Å². The Labute approximate surface area is 128 Å². The second-order valence-electron chi connectivity index (χ2n) is 5.09. The molecule has 0 radical (unpaired) electrons. The van der Waals surface area contributed by atoms with Gasteiger partial charge in [-0.2, -0.15) is 0 Å². The predicted octanol–water partition coefficient (Wildman–Crippen LogP) is 2.88. The molecule has 1 amide bonds. The fraction of sp³-hybridized carbons (Fsp3) is 0.467. The molecule has 1 fully saturated rings. The van der Waals surface area contributed by atoms with Crippen molar-refractivity contribution in [3.05, 3.63) is 23.8 Å². The summed E-state index contributed by atoms with van der Waals surface area (Å²) < 4.78 is 6.26. The standard InChI is InChI=1S/C15H19N3O2S/c1-3-20-15(19)18-9-7-17(8-10-18)14-16-13-11(2)5-4-6-12(13)21-14/h4-6H,3,7-10H2,1-2H3. The maximum Gasteiger partial charge on any atom is 0.409 e. The molecule has 1 aromatic carbocycles. The second kappa shape index (κ2) is 5.89. The summed E-state index contributed by atoms with van der Waals surface area (Å²) in [5.74, 6) is 0. The lowest BCUT2D eigenvalue weighted by molar-refractivity contribution is 0.105. The average molecular weight is 305 g/mol. The molecular weight excluding hydrogens is 286 g/mol. The number of rotatable bonds is 2. The molecule has 2 heterocycles. The zero-order valence-corrected chi connectivity index (χ0v) is 13.2. The van der Waals surface area contributed by atoms with Crippen molar-refractivity contribution in [2.75, 3.05) is 37.7 Å². The van der Waals surface area contributed by atoms with E-state index in [4.69, 9.17) is 9.72 Å². The summed E-state index contributed by atoms with van der Waals surface area (Å²) in [7, 11) is 0. The van der Waals surface area contributed by atoms with Crippen LogP contribution < -0.4 is 4.90 Å². The van der Waals surface area contributed by atoms with Gasteiger partial charge in [0.15, 0.2) is 5.13 Å². The van der Waals surface area contributed by atoms with Crippen molar-refractivity contribution in [1.29, 1.82) is 0 Å². The molecule has 0 N–H and O–H groups in total. The van der Waals surface area contributed by atoms with E-state index in [-0.39, 0.29) is 6.09 Å². The van der Waals surface area contributed by atoms with E-state index in [0.29, 0.717) is 19.7 Å². The van der Waals surface area contributed by atoms with Crippen LogP contribution in [0.5, 0.6) is 0 Å². The Bertz CT molecular complexity index is 647. The van der Waals surface area contributed by atoms with Gasteiger partial charge in [-0.3, -0.25) is 0 Å². The largest absolute Gasteiger partial charge is 0.450 e. The smallest absolute Gasteiger partial charge is 0.409 e. The van der Waals surface area contributed by atoms with E-state index in [1.807, 2.05) is 6.92 Å². The van der Waals surface area contributed by atoms with Crippen LogP contribution in [0.2, 0.25) is 0 Å². The van der Waals surface area contributed by atoms with E-state index in [9.17, 15) is 4.79 Å². The summed E-state index contributed by atoms with van der Waals surface area (Å²) >= 11 is 1.72. The van der Waals surface area contributed by atoms with Gasteiger partial charge < -0.3 is 14.5 Å². The Kier molecular flexibility index (Phi) is 3.96. The zero-order valence-electron chi connectivity index (χ0n) is 12.3. The van der Waals surface area contributed by atoms with Gasteiger partial charge in [0.05, 0.1) is 16.8 Å². The number of hydrogen-bond acceptors (Lipinski definition) is 5. The number of anilines is 1. The molecule has 21 heavy (non-hydrogen) atoms. The van der Waals surface area contributed by atoms with E-state index in [1.54, 1.807) is 16.2 Å². The first kappa shape index (κ1) is 14.1. The van der Waals surface area contributed by atoms with Crippen LogP contribution in [0.3, 0.4) is 0 Å². The minimum atomic E-state index is -0.211. The third-order valence-corrected chi connectivity index (χ3v) is 4.77. The van der Waals surface area contributed by atoms with Gasteiger partial charge in [0.1, 0.15) is 0 Å². The van der Waals surface area contributed by atoms with Gasteiger partial charge >= 0.3 is 6.09 Å². The summed E-state index contributed by atoms with van der Waals surface area (Å²) in [6.45, 7) is 7.33. The van der Waals surface area contributed by atoms with Gasteiger partial charge in [-0.15, -0.1) is 0 Å². The van der Waals surface area contributed by atoms with Gasteiger partial charge in [-0.1, -0.05) is 23.5 Å². The first-order valence-corrected chi connectivity index (χ1v) is 8.03. The number of para-hydroxylation sites is 1. The number of ether oxygens (including phenoxy) is 1. The van der Waals surface area contributed by atoms with Crippen molar-refractivity contribution in [3.63, 3.8) is 0 Å². The van der Waals surface area contributed by atoms with Crippen LogP contribution in [0.15, 0.2) is 18.2 Å². The van der Waals surface area contributed by atoms with Gasteiger partial charge in [-0.05, 0) is 25.5 Å². The summed E-state index contributed by atoms with van der Waals surface area (Å²) in [5, 5.41) is 1.04. The molecule has 0 unspecified atom stereocenters. The summed E-state index contributed by atoms with van der Waals surface area (Å²) in [6.07, 6.45) is -0.211. The quantitative estimate of drug-likeness (QED) is 0.856. The number of piperazine rings is 1. The Balaban J connectivity index is 1.71. The number of amides is 1. The molecule has 0 aliphatic carbocycles. The van der Waals surface area contributed by atoms with Gasteiger partial charge in [-0.25, -0.2) is 9.78 Å². The van der Waals surface area contributed by atoms with Crippen molar-refractivity contribution in [2.24, 2.45) is 0 Å². The van der Waals surface area contributed by atoms with Crippen molar-refractivity contribution in [2.45, 2.75) is 13.8 Å². The molecule has 1 aromatic heterocycles. The number of aromatic nitrogens is 1. The fourth-order valence-corrected chi connectivity index (χ4v) is 3.60. The second-order valence-corrected chi connectivity index (χ2v) is 6.10. The lowest BCUT2D eigenvalue weighted by Crippen LogP contribution is -2.48. The highest BCUT2D eigenvalue weighted by Gasteiger charge is 2.23. The summed E-state index contributed by atoms with van der Waals surface area (Å²) in [6, 6.07) is 6.27. The normalized spacial score (nSPS) is 15.5. The fourth-order valence-electron chi connectivity index (χ4n) is 2.50. The van der Waals surface area contributed by atoms with Gasteiger partial charge in [0.25, 0.3) is 0 Å². The van der Waals surface area contributed by atoms with Crippen LogP contribution >= 0.6 is 11.3 Å². The highest BCUT2D eigenvalue weighted by Crippen LogP contribution is 2.30. The number of thiazole rings is 1. The Morgan fingerprint density at radius 1 is 1.33 bits per heavy atom. The molecule has 0 spiro atoms. The zero-order chi connectivity index (χ0) is 14.8. The SMILES string of the molecule is CCOC(=O)N1CCN(c2nc3c(C)cccc3s2)CC1. The number of carbonyl (C=O) groups excluding carboxylic acids is 1. The number of fused-ring (bicyclic) bond motifs is 1. The first-order valence-electron chi connectivity index (χ1n) is 7.22. The van der Waals surface area contributed by atoms with Crippen LogP contribution in [-0.2, 0) is 4.74 Å². The number of carbonyl (C=O) groups is 1. The van der Waals surface area contributed by atoms with Crippen LogP contribution in [0.25, 0.3) is 10.2 Å². The van der Waals surface area contributed by atoms with Crippen molar-refractivity contribution < 1.29 is 9.53 Å². The molecule has 1 saturated heterocycles. The lowest BCUT2D eigenvalue weighted by Gasteiger charge is -2.33. The third kappa shape index (κ3) is 2.81. The number of nitrogens with zero attached hydrogens (tertiary/aromatic N) is 3. The van der Waals surface area contributed by atoms with Gasteiger partial charge in [0.2, 0.25) is 0 Å². The molecular formula is C15H19N3O2S. The Morgan fingerprint density at radius 3 is 2.76 bits per heavy atom. The number of benzene rings is 1. The van der Waals surface area contributed by atoms with E-state index < -0.39 is 0 Å². The Morgan fingerprint density at radius 2 is 2.10 bits per heavy atom. The van der Waals surface area contributed by atoms with E-state index in [0.717, 1.165) is 23.7 Å². The van der Waals surface area contributed by atoms with E-state index in [2.05, 4.69) is 30.0 Å². The molecule has 0 bridgehead atoms. The minimum Gasteiger partial charge on any atom is -0.450 e. The van der Waals surface area contributed by atoms with Crippen LogP contribution in [-0.4, -0.2) is 48.8 Å². The topological polar surface area (TPSA) is 45.7 Å². The van der Waals surface area contributed by atoms with Crippen molar-refractivity contribution in [1.82, 2.24) is 9.88 Å². The molecule has 0 saturated carbocycles. The van der Waals surface area contributed by atoms with Crippen molar-refractivity contribution >= 4 is 32.8 Å². The van der Waals surface area contributed by atoms with Gasteiger partial charge in [0, 0.05) is 26.2 Å². The molecule has 6 heteroatoms. The lowest BCUT2D eigenvalue weighted by atomic mass is 10.2. The van der Waals surface area contributed by atoms with Crippen molar-refractivity contribution in [3.8, 4) is 0 Å². The third-order valence-electron chi connectivity index (χ3n) is 3.69. The predicted molar refractivity (Wildman–Crippen MR) is 85.2 cm³/mol. The minimum absolute atomic E-state index is 0.211. The van der Waals surface area contributed by atoms with E-state index in [1.165, 1.54) is 10.3 Å².